The van der Waals surface area contributed by atoms with Gasteiger partial charge in [0.25, 0.3) is 0 Å². The zero-order valence-electron chi connectivity index (χ0n) is 12.6. The first-order valence-corrected chi connectivity index (χ1v) is 6.67. The topological polar surface area (TPSA) is 47.3 Å². The average Bonchev–Trinajstić information content (AvgIpc) is 2.48. The number of rotatable bonds is 3. The fourth-order valence-corrected chi connectivity index (χ4v) is 1.68. The Balaban J connectivity index is 0.00000106. The molecule has 3 nitrogen and oxygen atoms in total. The fraction of sp³-hybridized carbons (Fsp3) is 0.250. The molecule has 0 bridgehead atoms. The molecule has 0 heterocycles. The first-order chi connectivity index (χ1) is 10.0. The molecule has 0 atom stereocenters. The Hall–Kier alpha value is -2.30. The van der Waals surface area contributed by atoms with Gasteiger partial charge in [-0.25, -0.2) is 8.78 Å². The minimum absolute atomic E-state index is 0.0826. The molecule has 0 fully saturated rings. The van der Waals surface area contributed by atoms with Gasteiger partial charge in [0, 0.05) is 12.1 Å². The summed E-state index contributed by atoms with van der Waals surface area (Å²) in [5.41, 5.74) is 6.83. The molecule has 2 rings (SSSR count). The predicted octanol–water partition coefficient (Wildman–Crippen LogP) is 4.63. The van der Waals surface area contributed by atoms with Gasteiger partial charge < -0.3 is 15.8 Å². The average molecular weight is 294 g/mol. The molecule has 5 heteroatoms. The second-order valence-corrected chi connectivity index (χ2v) is 4.18. The lowest BCUT2D eigenvalue weighted by atomic mass is 10.2. The molecule has 0 aliphatic heterocycles. The van der Waals surface area contributed by atoms with Crippen LogP contribution in [0.4, 0.5) is 25.8 Å². The molecule has 0 spiro atoms. The Morgan fingerprint density at radius 3 is 2.24 bits per heavy atom. The molecular weight excluding hydrogens is 274 g/mol. The summed E-state index contributed by atoms with van der Waals surface area (Å²) in [6, 6.07) is 7.39. The molecule has 0 aliphatic rings. The quantitative estimate of drug-likeness (QED) is 0.811. The second-order valence-electron chi connectivity index (χ2n) is 4.18. The van der Waals surface area contributed by atoms with Crippen LogP contribution >= 0.6 is 0 Å². The van der Waals surface area contributed by atoms with E-state index in [1.54, 1.807) is 19.1 Å². The number of nitrogens with two attached hydrogens (primary N) is 1. The lowest BCUT2D eigenvalue weighted by molar-refractivity contribution is 0.412. The second kappa shape index (κ2) is 7.47. The number of methoxy groups -OCH3 is 1. The fourth-order valence-electron chi connectivity index (χ4n) is 1.68. The Morgan fingerprint density at radius 2 is 1.67 bits per heavy atom. The Kier molecular flexibility index (Phi) is 5.96. The molecule has 0 saturated carbocycles. The van der Waals surface area contributed by atoms with Crippen molar-refractivity contribution in [3.63, 3.8) is 0 Å². The highest BCUT2D eigenvalue weighted by Crippen LogP contribution is 2.31. The maximum Gasteiger partial charge on any atom is 0.151 e. The molecule has 0 aliphatic carbocycles. The molecule has 21 heavy (non-hydrogen) atoms. The molecule has 2 aromatic rings. The number of aryl methyl sites for hydroxylation is 1. The number of nitrogens with one attached hydrogen (secondary N) is 1. The van der Waals surface area contributed by atoms with Crippen molar-refractivity contribution in [3.05, 3.63) is 47.5 Å². The Bertz CT molecular complexity index is 615. The van der Waals surface area contributed by atoms with Crippen molar-refractivity contribution in [2.75, 3.05) is 18.2 Å². The Labute approximate surface area is 123 Å². The van der Waals surface area contributed by atoms with Gasteiger partial charge in [0.2, 0.25) is 0 Å². The van der Waals surface area contributed by atoms with E-state index in [9.17, 15) is 8.78 Å². The van der Waals surface area contributed by atoms with Crippen LogP contribution in [-0.4, -0.2) is 7.11 Å². The monoisotopic (exact) mass is 294 g/mol. The van der Waals surface area contributed by atoms with Crippen LogP contribution in [0, 0.1) is 18.6 Å². The van der Waals surface area contributed by atoms with E-state index < -0.39 is 11.6 Å². The molecule has 0 unspecified atom stereocenters. The first-order valence-electron chi connectivity index (χ1n) is 6.67. The van der Waals surface area contributed by atoms with Gasteiger partial charge in [0.05, 0.1) is 24.2 Å². The summed E-state index contributed by atoms with van der Waals surface area (Å²) >= 11 is 0. The normalized spacial score (nSPS) is 9.62. The van der Waals surface area contributed by atoms with Crippen LogP contribution in [0.2, 0.25) is 0 Å². The number of anilines is 3. The van der Waals surface area contributed by atoms with Crippen LogP contribution in [0.1, 0.15) is 19.4 Å². The van der Waals surface area contributed by atoms with Gasteiger partial charge in [0.1, 0.15) is 11.6 Å². The van der Waals surface area contributed by atoms with Crippen molar-refractivity contribution >= 4 is 17.1 Å². The summed E-state index contributed by atoms with van der Waals surface area (Å²) in [6.45, 7) is 5.78. The van der Waals surface area contributed by atoms with Crippen molar-refractivity contribution in [3.8, 4) is 5.75 Å². The van der Waals surface area contributed by atoms with Gasteiger partial charge >= 0.3 is 0 Å². The van der Waals surface area contributed by atoms with E-state index in [2.05, 4.69) is 5.32 Å². The van der Waals surface area contributed by atoms with E-state index in [4.69, 9.17) is 10.5 Å². The van der Waals surface area contributed by atoms with E-state index in [1.165, 1.54) is 25.3 Å². The minimum atomic E-state index is -0.616. The maximum atomic E-state index is 13.7. The summed E-state index contributed by atoms with van der Waals surface area (Å²) in [6.07, 6.45) is 0. The van der Waals surface area contributed by atoms with Crippen molar-refractivity contribution in [1.29, 1.82) is 0 Å². The summed E-state index contributed by atoms with van der Waals surface area (Å²) in [4.78, 5) is 0. The van der Waals surface area contributed by atoms with Gasteiger partial charge in [-0.05, 0) is 24.6 Å². The number of halogens is 2. The predicted molar refractivity (Wildman–Crippen MR) is 83.1 cm³/mol. The lowest BCUT2D eigenvalue weighted by Gasteiger charge is -2.12. The number of ether oxygens (including phenoxy) is 1. The molecule has 0 aromatic heterocycles. The third-order valence-corrected chi connectivity index (χ3v) is 2.73. The van der Waals surface area contributed by atoms with E-state index in [0.29, 0.717) is 5.75 Å². The smallest absolute Gasteiger partial charge is 0.151 e. The first kappa shape index (κ1) is 16.8. The van der Waals surface area contributed by atoms with Crippen LogP contribution in [-0.2, 0) is 0 Å². The van der Waals surface area contributed by atoms with Gasteiger partial charge in [0.15, 0.2) is 5.82 Å². The molecule has 0 saturated heterocycles. The highest BCUT2D eigenvalue weighted by atomic mass is 19.1. The van der Waals surface area contributed by atoms with E-state index in [0.717, 1.165) is 5.56 Å². The summed E-state index contributed by atoms with van der Waals surface area (Å²) in [5, 5.41) is 2.76. The third kappa shape index (κ3) is 4.08. The minimum Gasteiger partial charge on any atom is -0.497 e. The van der Waals surface area contributed by atoms with Gasteiger partial charge in [-0.2, -0.15) is 0 Å². The van der Waals surface area contributed by atoms with Crippen LogP contribution in [0.3, 0.4) is 0 Å². The molecular formula is C16H20F2N2O. The largest absolute Gasteiger partial charge is 0.497 e. The van der Waals surface area contributed by atoms with Crippen LogP contribution in [0.5, 0.6) is 5.75 Å². The van der Waals surface area contributed by atoms with Crippen LogP contribution in [0.15, 0.2) is 30.3 Å². The molecule has 0 amide bonds. The SMILES string of the molecule is CC.COc1cc(F)c(N)c(Nc2ccc(C)cc2F)c1. The molecule has 114 valence electrons. The number of benzene rings is 2. The van der Waals surface area contributed by atoms with E-state index in [-0.39, 0.29) is 17.1 Å². The van der Waals surface area contributed by atoms with Crippen LogP contribution in [0.25, 0.3) is 0 Å². The van der Waals surface area contributed by atoms with E-state index >= 15 is 0 Å². The zero-order chi connectivity index (χ0) is 16.0. The van der Waals surface area contributed by atoms with Crippen molar-refractivity contribution in [1.82, 2.24) is 0 Å². The summed E-state index contributed by atoms with van der Waals surface area (Å²) < 4.78 is 32.2. The molecule has 2 aromatic carbocycles. The summed E-state index contributed by atoms with van der Waals surface area (Å²) in [7, 11) is 1.42. The highest BCUT2D eigenvalue weighted by Gasteiger charge is 2.10. The zero-order valence-corrected chi connectivity index (χ0v) is 12.6. The van der Waals surface area contributed by atoms with Crippen molar-refractivity contribution in [2.45, 2.75) is 20.8 Å². The number of nitrogen functional groups attached to an aromatic ring is 1. The van der Waals surface area contributed by atoms with Crippen LogP contribution < -0.4 is 15.8 Å². The highest BCUT2D eigenvalue weighted by molar-refractivity contribution is 5.74. The van der Waals surface area contributed by atoms with Gasteiger partial charge in [-0.1, -0.05) is 19.9 Å². The Morgan fingerprint density at radius 1 is 1.00 bits per heavy atom. The van der Waals surface area contributed by atoms with Gasteiger partial charge in [-0.15, -0.1) is 0 Å². The standard InChI is InChI=1S/C14H14F2N2O.C2H6/c1-8-3-4-12(10(15)5-8)18-13-7-9(19-2)6-11(16)14(13)17;1-2/h3-7,18H,17H2,1-2H3;1-2H3. The summed E-state index contributed by atoms with van der Waals surface area (Å²) in [5.74, 6) is -0.737. The molecule has 3 N–H and O–H groups in total. The lowest BCUT2D eigenvalue weighted by Crippen LogP contribution is -2.01. The maximum absolute atomic E-state index is 13.7. The molecule has 0 radical (unpaired) electrons. The van der Waals surface area contributed by atoms with Crippen molar-refractivity contribution in [2.24, 2.45) is 0 Å². The van der Waals surface area contributed by atoms with Gasteiger partial charge in [-0.3, -0.25) is 0 Å². The van der Waals surface area contributed by atoms with Crippen molar-refractivity contribution < 1.29 is 13.5 Å². The van der Waals surface area contributed by atoms with E-state index in [1.807, 2.05) is 13.8 Å². The number of hydrogen-bond acceptors (Lipinski definition) is 3. The number of hydrogen-bond donors (Lipinski definition) is 2. The third-order valence-electron chi connectivity index (χ3n) is 2.73.